The van der Waals surface area contributed by atoms with Gasteiger partial charge in [-0.05, 0) is 36.2 Å². The zero-order valence-corrected chi connectivity index (χ0v) is 10.8. The summed E-state index contributed by atoms with van der Waals surface area (Å²) in [5.74, 6) is 0. The van der Waals surface area contributed by atoms with Crippen molar-refractivity contribution in [2.24, 2.45) is 0 Å². The zero-order valence-electron chi connectivity index (χ0n) is 8.43. The highest BCUT2D eigenvalue weighted by Crippen LogP contribution is 2.25. The maximum atomic E-state index is 5.98. The Morgan fingerprint density at radius 2 is 2.13 bits per heavy atom. The first kappa shape index (κ1) is 10.9. The first-order valence-corrected chi connectivity index (χ1v) is 6.12. The Labute approximate surface area is 103 Å². The van der Waals surface area contributed by atoms with Crippen LogP contribution < -0.4 is 0 Å². The van der Waals surface area contributed by atoms with Crippen molar-refractivity contribution < 1.29 is 0 Å². The summed E-state index contributed by atoms with van der Waals surface area (Å²) in [5, 5.41) is 1.77. The van der Waals surface area contributed by atoms with Gasteiger partial charge in [0.05, 0.1) is 5.52 Å². The van der Waals surface area contributed by atoms with Crippen molar-refractivity contribution >= 4 is 38.4 Å². The highest BCUT2D eigenvalue weighted by molar-refractivity contribution is 9.10. The third kappa shape index (κ3) is 2.32. The van der Waals surface area contributed by atoms with Gasteiger partial charge in [-0.25, -0.2) is 4.98 Å². The number of pyridine rings is 1. The van der Waals surface area contributed by atoms with E-state index in [0.717, 1.165) is 22.8 Å². The fourth-order valence-electron chi connectivity index (χ4n) is 1.71. The average Bonchev–Trinajstić information content (AvgIpc) is 2.19. The summed E-state index contributed by atoms with van der Waals surface area (Å²) in [6.07, 6.45) is 2.15. The Kier molecular flexibility index (Phi) is 3.27. The van der Waals surface area contributed by atoms with Crippen LogP contribution in [0.3, 0.4) is 0 Å². The molecule has 1 nitrogen and oxygen atoms in total. The first-order valence-electron chi connectivity index (χ1n) is 4.95. The standard InChI is InChI=1S/C12H11BrClN/c1-2-3-8-6-12(14)15-11-5-4-9(13)7-10(8)11/h4-7H,2-3H2,1H3. The molecule has 1 heterocycles. The summed E-state index contributed by atoms with van der Waals surface area (Å²) < 4.78 is 1.08. The van der Waals surface area contributed by atoms with E-state index in [-0.39, 0.29) is 0 Å². The molecule has 0 aliphatic heterocycles. The molecule has 0 aliphatic carbocycles. The maximum Gasteiger partial charge on any atom is 0.130 e. The molecule has 0 bridgehead atoms. The molecule has 1 aromatic carbocycles. The topological polar surface area (TPSA) is 12.9 Å². The Balaban J connectivity index is 2.70. The summed E-state index contributed by atoms with van der Waals surface area (Å²) in [6.45, 7) is 2.16. The van der Waals surface area contributed by atoms with Crippen molar-refractivity contribution in [2.45, 2.75) is 19.8 Å². The van der Waals surface area contributed by atoms with Gasteiger partial charge in [0.25, 0.3) is 0 Å². The largest absolute Gasteiger partial charge is 0.236 e. The molecule has 0 spiro atoms. The van der Waals surface area contributed by atoms with Gasteiger partial charge in [0.2, 0.25) is 0 Å². The number of aryl methyl sites for hydroxylation is 1. The van der Waals surface area contributed by atoms with Crippen LogP contribution in [0.5, 0.6) is 0 Å². The molecule has 0 N–H and O–H groups in total. The fraction of sp³-hybridized carbons (Fsp3) is 0.250. The Morgan fingerprint density at radius 3 is 2.87 bits per heavy atom. The van der Waals surface area contributed by atoms with Gasteiger partial charge in [0.1, 0.15) is 5.15 Å². The lowest BCUT2D eigenvalue weighted by Gasteiger charge is -2.06. The van der Waals surface area contributed by atoms with Crippen LogP contribution in [0.1, 0.15) is 18.9 Å². The lowest BCUT2D eigenvalue weighted by molar-refractivity contribution is 0.928. The second-order valence-electron chi connectivity index (χ2n) is 3.52. The van der Waals surface area contributed by atoms with Crippen LogP contribution in [0.4, 0.5) is 0 Å². The van der Waals surface area contributed by atoms with Crippen LogP contribution in [-0.4, -0.2) is 4.98 Å². The monoisotopic (exact) mass is 283 g/mol. The van der Waals surface area contributed by atoms with E-state index in [1.54, 1.807) is 0 Å². The van der Waals surface area contributed by atoms with Crippen LogP contribution in [0.15, 0.2) is 28.7 Å². The number of halogens is 2. The molecule has 0 radical (unpaired) electrons. The first-order chi connectivity index (χ1) is 7.20. The molecule has 78 valence electrons. The number of nitrogens with zero attached hydrogens (tertiary/aromatic N) is 1. The van der Waals surface area contributed by atoms with Crippen molar-refractivity contribution in [3.63, 3.8) is 0 Å². The van der Waals surface area contributed by atoms with Gasteiger partial charge in [0.15, 0.2) is 0 Å². The third-order valence-electron chi connectivity index (χ3n) is 2.34. The summed E-state index contributed by atoms with van der Waals surface area (Å²) in [4.78, 5) is 4.30. The molecule has 0 saturated carbocycles. The minimum absolute atomic E-state index is 0.577. The van der Waals surface area contributed by atoms with Crippen molar-refractivity contribution in [2.75, 3.05) is 0 Å². The Hall–Kier alpha value is -0.600. The summed E-state index contributed by atoms with van der Waals surface area (Å²) >= 11 is 9.45. The normalized spacial score (nSPS) is 10.9. The van der Waals surface area contributed by atoms with E-state index in [2.05, 4.69) is 33.9 Å². The molecule has 1 aromatic heterocycles. The second kappa shape index (κ2) is 4.50. The van der Waals surface area contributed by atoms with E-state index in [1.165, 1.54) is 10.9 Å². The highest BCUT2D eigenvalue weighted by Gasteiger charge is 2.04. The van der Waals surface area contributed by atoms with E-state index >= 15 is 0 Å². The lowest BCUT2D eigenvalue weighted by Crippen LogP contribution is -1.89. The quantitative estimate of drug-likeness (QED) is 0.734. The van der Waals surface area contributed by atoms with Gasteiger partial charge in [-0.15, -0.1) is 0 Å². The van der Waals surface area contributed by atoms with Crippen molar-refractivity contribution in [1.29, 1.82) is 0 Å². The molecular formula is C12H11BrClN. The van der Waals surface area contributed by atoms with Crippen LogP contribution in [0.2, 0.25) is 5.15 Å². The van der Waals surface area contributed by atoms with Crippen molar-refractivity contribution in [1.82, 2.24) is 4.98 Å². The van der Waals surface area contributed by atoms with Crippen LogP contribution in [0, 0.1) is 0 Å². The molecule has 0 unspecified atom stereocenters. The fourth-order valence-corrected chi connectivity index (χ4v) is 2.29. The van der Waals surface area contributed by atoms with Gasteiger partial charge < -0.3 is 0 Å². The van der Waals surface area contributed by atoms with Crippen LogP contribution in [0.25, 0.3) is 10.9 Å². The summed E-state index contributed by atoms with van der Waals surface area (Å²) in [5.41, 5.74) is 2.24. The van der Waals surface area contributed by atoms with Gasteiger partial charge in [0, 0.05) is 9.86 Å². The molecule has 2 rings (SSSR count). The smallest absolute Gasteiger partial charge is 0.130 e. The lowest BCUT2D eigenvalue weighted by atomic mass is 10.1. The zero-order chi connectivity index (χ0) is 10.8. The molecule has 0 amide bonds. The number of hydrogen-bond acceptors (Lipinski definition) is 1. The minimum atomic E-state index is 0.577. The summed E-state index contributed by atoms with van der Waals surface area (Å²) in [7, 11) is 0. The number of hydrogen-bond donors (Lipinski definition) is 0. The van der Waals surface area contributed by atoms with Gasteiger partial charge in [-0.2, -0.15) is 0 Å². The SMILES string of the molecule is CCCc1cc(Cl)nc2ccc(Br)cc12. The molecule has 0 fully saturated rings. The van der Waals surface area contributed by atoms with Gasteiger partial charge >= 0.3 is 0 Å². The van der Waals surface area contributed by atoms with Gasteiger partial charge in [-0.3, -0.25) is 0 Å². The Morgan fingerprint density at radius 1 is 1.33 bits per heavy atom. The second-order valence-corrected chi connectivity index (χ2v) is 4.82. The van der Waals surface area contributed by atoms with E-state index in [4.69, 9.17) is 11.6 Å². The average molecular weight is 285 g/mol. The van der Waals surface area contributed by atoms with E-state index < -0.39 is 0 Å². The van der Waals surface area contributed by atoms with Crippen molar-refractivity contribution in [3.8, 4) is 0 Å². The van der Waals surface area contributed by atoms with Crippen molar-refractivity contribution in [3.05, 3.63) is 39.5 Å². The molecule has 0 saturated heterocycles. The minimum Gasteiger partial charge on any atom is -0.236 e. The predicted molar refractivity (Wildman–Crippen MR) is 68.4 cm³/mol. The maximum absolute atomic E-state index is 5.98. The molecule has 0 aliphatic rings. The molecule has 2 aromatic rings. The third-order valence-corrected chi connectivity index (χ3v) is 3.03. The number of fused-ring (bicyclic) bond motifs is 1. The van der Waals surface area contributed by atoms with Crippen LogP contribution >= 0.6 is 27.5 Å². The highest BCUT2D eigenvalue weighted by atomic mass is 79.9. The Bertz CT molecular complexity index is 496. The number of rotatable bonds is 2. The number of aromatic nitrogens is 1. The van der Waals surface area contributed by atoms with Gasteiger partial charge in [-0.1, -0.05) is 40.9 Å². The van der Waals surface area contributed by atoms with Crippen LogP contribution in [-0.2, 0) is 6.42 Å². The summed E-state index contributed by atoms with van der Waals surface area (Å²) in [6, 6.07) is 8.04. The van der Waals surface area contributed by atoms with E-state index in [0.29, 0.717) is 5.15 Å². The number of benzene rings is 1. The molecule has 3 heteroatoms. The molecular weight excluding hydrogens is 273 g/mol. The molecule has 0 atom stereocenters. The van der Waals surface area contributed by atoms with E-state index in [1.807, 2.05) is 18.2 Å². The molecule has 15 heavy (non-hydrogen) atoms. The van der Waals surface area contributed by atoms with E-state index in [9.17, 15) is 0 Å². The predicted octanol–water partition coefficient (Wildman–Crippen LogP) is 4.60.